The van der Waals surface area contributed by atoms with Crippen LogP contribution in [0.4, 0.5) is 0 Å². The molecule has 0 aromatic heterocycles. The van der Waals surface area contributed by atoms with Crippen LogP contribution >= 0.6 is 24.0 Å². The zero-order valence-corrected chi connectivity index (χ0v) is 13.6. The molecular formula is C15H17NO3S2. The largest absolute Gasteiger partial charge is 0.493 e. The molecule has 1 fully saturated rings. The van der Waals surface area contributed by atoms with Crippen molar-refractivity contribution in [3.8, 4) is 11.5 Å². The third-order valence-electron chi connectivity index (χ3n) is 2.88. The van der Waals surface area contributed by atoms with E-state index in [-0.39, 0.29) is 5.91 Å². The molecule has 1 aliphatic heterocycles. The minimum atomic E-state index is -0.158. The lowest BCUT2D eigenvalue weighted by Crippen LogP contribution is -2.17. The second kappa shape index (κ2) is 7.47. The SMILES string of the molecule is CCCCOc1cc(/C=C2\SC(=S)NC2=O)ccc1OC. The molecule has 0 radical (unpaired) electrons. The van der Waals surface area contributed by atoms with Gasteiger partial charge in [-0.25, -0.2) is 0 Å². The van der Waals surface area contributed by atoms with E-state index in [1.165, 1.54) is 11.8 Å². The minimum absolute atomic E-state index is 0.158. The Kier molecular flexibility index (Phi) is 5.64. The van der Waals surface area contributed by atoms with Crippen LogP contribution in [0.15, 0.2) is 23.1 Å². The van der Waals surface area contributed by atoms with Crippen LogP contribution in [0.1, 0.15) is 25.3 Å². The van der Waals surface area contributed by atoms with E-state index in [0.29, 0.717) is 27.3 Å². The van der Waals surface area contributed by atoms with Crippen molar-refractivity contribution in [3.05, 3.63) is 28.7 Å². The minimum Gasteiger partial charge on any atom is -0.493 e. The number of thiocarbonyl (C=S) groups is 1. The van der Waals surface area contributed by atoms with Crippen LogP contribution in [-0.2, 0) is 4.79 Å². The molecule has 0 saturated carbocycles. The third kappa shape index (κ3) is 4.22. The van der Waals surface area contributed by atoms with Gasteiger partial charge >= 0.3 is 0 Å². The topological polar surface area (TPSA) is 47.6 Å². The van der Waals surface area contributed by atoms with Crippen LogP contribution in [0.5, 0.6) is 11.5 Å². The Bertz CT molecular complexity index is 584. The Morgan fingerprint density at radius 2 is 2.19 bits per heavy atom. The van der Waals surface area contributed by atoms with Crippen molar-refractivity contribution in [2.24, 2.45) is 0 Å². The van der Waals surface area contributed by atoms with E-state index in [1.807, 2.05) is 18.2 Å². The van der Waals surface area contributed by atoms with E-state index in [2.05, 4.69) is 12.2 Å². The number of rotatable bonds is 6. The van der Waals surface area contributed by atoms with E-state index in [1.54, 1.807) is 13.2 Å². The number of nitrogens with one attached hydrogen (secondary N) is 1. The number of unbranched alkanes of at least 4 members (excludes halogenated alkanes) is 1. The summed E-state index contributed by atoms with van der Waals surface area (Å²) >= 11 is 6.24. The molecule has 0 unspecified atom stereocenters. The summed E-state index contributed by atoms with van der Waals surface area (Å²) in [5.41, 5.74) is 0.879. The monoisotopic (exact) mass is 323 g/mol. The maximum Gasteiger partial charge on any atom is 0.263 e. The van der Waals surface area contributed by atoms with E-state index in [4.69, 9.17) is 21.7 Å². The summed E-state index contributed by atoms with van der Waals surface area (Å²) in [7, 11) is 1.61. The van der Waals surface area contributed by atoms with E-state index in [9.17, 15) is 4.79 Å². The first kappa shape index (κ1) is 15.9. The first-order valence-corrected chi connectivity index (χ1v) is 7.92. The molecule has 1 saturated heterocycles. The first-order chi connectivity index (χ1) is 10.1. The summed E-state index contributed by atoms with van der Waals surface area (Å²) in [5.74, 6) is 1.22. The molecule has 0 aliphatic carbocycles. The molecule has 0 atom stereocenters. The second-order valence-electron chi connectivity index (χ2n) is 4.46. The summed E-state index contributed by atoms with van der Waals surface area (Å²) in [4.78, 5) is 12.3. The first-order valence-electron chi connectivity index (χ1n) is 6.69. The Hall–Kier alpha value is -1.53. The number of carbonyl (C=O) groups excluding carboxylic acids is 1. The van der Waals surface area contributed by atoms with Gasteiger partial charge in [0, 0.05) is 0 Å². The lowest BCUT2D eigenvalue weighted by molar-refractivity contribution is -0.115. The highest BCUT2D eigenvalue weighted by Gasteiger charge is 2.22. The molecule has 1 aromatic carbocycles. The van der Waals surface area contributed by atoms with Crippen molar-refractivity contribution in [2.45, 2.75) is 19.8 Å². The molecule has 112 valence electrons. The van der Waals surface area contributed by atoms with Gasteiger partial charge in [0.25, 0.3) is 5.91 Å². The Morgan fingerprint density at radius 3 is 2.81 bits per heavy atom. The number of methoxy groups -OCH3 is 1. The fraction of sp³-hybridized carbons (Fsp3) is 0.333. The van der Waals surface area contributed by atoms with Crippen LogP contribution < -0.4 is 14.8 Å². The summed E-state index contributed by atoms with van der Waals surface area (Å²) in [5, 5.41) is 2.60. The van der Waals surface area contributed by atoms with E-state index < -0.39 is 0 Å². The Labute approximate surface area is 133 Å². The maximum absolute atomic E-state index is 11.7. The molecule has 4 nitrogen and oxygen atoms in total. The van der Waals surface area contributed by atoms with Crippen LogP contribution in [0.2, 0.25) is 0 Å². The molecule has 1 aliphatic rings. The summed E-state index contributed by atoms with van der Waals surface area (Å²) < 4.78 is 11.5. The summed E-state index contributed by atoms with van der Waals surface area (Å²) in [6, 6.07) is 5.59. The molecule has 0 bridgehead atoms. The van der Waals surface area contributed by atoms with Gasteiger partial charge in [0.2, 0.25) is 0 Å². The molecule has 1 heterocycles. The lowest BCUT2D eigenvalue weighted by Gasteiger charge is -2.11. The average Bonchev–Trinajstić information content (AvgIpc) is 2.77. The highest BCUT2D eigenvalue weighted by Crippen LogP contribution is 2.31. The van der Waals surface area contributed by atoms with Gasteiger partial charge in [-0.1, -0.05) is 43.4 Å². The lowest BCUT2D eigenvalue weighted by atomic mass is 10.2. The number of thioether (sulfide) groups is 1. The number of carbonyl (C=O) groups is 1. The van der Waals surface area contributed by atoms with Crippen molar-refractivity contribution in [1.29, 1.82) is 0 Å². The number of hydrogen-bond donors (Lipinski definition) is 1. The number of ether oxygens (including phenoxy) is 2. The predicted octanol–water partition coefficient (Wildman–Crippen LogP) is 3.36. The van der Waals surface area contributed by atoms with Crippen LogP contribution in [-0.4, -0.2) is 23.9 Å². The van der Waals surface area contributed by atoms with Crippen molar-refractivity contribution >= 4 is 40.3 Å². The van der Waals surface area contributed by atoms with Crippen molar-refractivity contribution in [3.63, 3.8) is 0 Å². The predicted molar refractivity (Wildman–Crippen MR) is 89.7 cm³/mol. The fourth-order valence-electron chi connectivity index (χ4n) is 1.79. The Balaban J connectivity index is 2.21. The molecule has 1 amide bonds. The summed E-state index contributed by atoms with van der Waals surface area (Å²) in [6.45, 7) is 2.76. The van der Waals surface area contributed by atoms with Crippen LogP contribution in [0.25, 0.3) is 6.08 Å². The smallest absolute Gasteiger partial charge is 0.263 e. The van der Waals surface area contributed by atoms with Crippen molar-refractivity contribution in [1.82, 2.24) is 5.32 Å². The number of hydrogen-bond acceptors (Lipinski definition) is 5. The molecule has 21 heavy (non-hydrogen) atoms. The van der Waals surface area contributed by atoms with Crippen LogP contribution in [0, 0.1) is 0 Å². The maximum atomic E-state index is 11.7. The highest BCUT2D eigenvalue weighted by molar-refractivity contribution is 8.26. The van der Waals surface area contributed by atoms with Gasteiger partial charge in [-0.3, -0.25) is 4.79 Å². The normalized spacial score (nSPS) is 16.2. The van der Waals surface area contributed by atoms with Gasteiger partial charge in [-0.2, -0.15) is 0 Å². The zero-order valence-electron chi connectivity index (χ0n) is 12.0. The number of amides is 1. The zero-order chi connectivity index (χ0) is 15.2. The molecule has 1 aromatic rings. The molecule has 6 heteroatoms. The Morgan fingerprint density at radius 1 is 1.38 bits per heavy atom. The van der Waals surface area contributed by atoms with Gasteiger partial charge in [0.05, 0.1) is 18.6 Å². The molecule has 1 N–H and O–H groups in total. The van der Waals surface area contributed by atoms with Gasteiger partial charge < -0.3 is 14.8 Å². The molecule has 0 spiro atoms. The standard InChI is InChI=1S/C15H17NO3S2/c1-3-4-7-19-12-8-10(5-6-11(12)18-2)9-13-14(17)16-15(20)21-13/h5-6,8-9H,3-4,7H2,1-2H3,(H,16,17,20)/b13-9-. The quantitative estimate of drug-likeness (QED) is 0.494. The average molecular weight is 323 g/mol. The molecule has 2 rings (SSSR count). The highest BCUT2D eigenvalue weighted by atomic mass is 32.2. The number of benzene rings is 1. The fourth-order valence-corrected chi connectivity index (χ4v) is 2.84. The van der Waals surface area contributed by atoms with Gasteiger partial charge in [0.1, 0.15) is 4.32 Å². The third-order valence-corrected chi connectivity index (χ3v) is 4.05. The van der Waals surface area contributed by atoms with Crippen molar-refractivity contribution in [2.75, 3.05) is 13.7 Å². The van der Waals surface area contributed by atoms with Crippen LogP contribution in [0.3, 0.4) is 0 Å². The van der Waals surface area contributed by atoms with Gasteiger partial charge in [0.15, 0.2) is 11.5 Å². The second-order valence-corrected chi connectivity index (χ2v) is 6.18. The summed E-state index contributed by atoms with van der Waals surface area (Å²) in [6.07, 6.45) is 3.85. The van der Waals surface area contributed by atoms with Crippen molar-refractivity contribution < 1.29 is 14.3 Å². The van der Waals surface area contributed by atoms with Gasteiger partial charge in [-0.15, -0.1) is 0 Å². The van der Waals surface area contributed by atoms with Gasteiger partial charge in [-0.05, 0) is 30.2 Å². The van der Waals surface area contributed by atoms with E-state index in [0.717, 1.165) is 18.4 Å². The van der Waals surface area contributed by atoms with E-state index >= 15 is 0 Å². The molecular weight excluding hydrogens is 306 g/mol.